The molecule has 0 aliphatic heterocycles. The van der Waals surface area contributed by atoms with E-state index in [1.807, 2.05) is 31.2 Å². The lowest BCUT2D eigenvalue weighted by atomic mass is 10.1. The van der Waals surface area contributed by atoms with Gasteiger partial charge in [0.25, 0.3) is 5.91 Å². The molecule has 1 heterocycles. The van der Waals surface area contributed by atoms with Gasteiger partial charge in [0.15, 0.2) is 0 Å². The van der Waals surface area contributed by atoms with Gasteiger partial charge < -0.3 is 16.4 Å². The molecule has 0 aliphatic carbocycles. The number of nitrogens with two attached hydrogens (primary N) is 1. The lowest BCUT2D eigenvalue weighted by Gasteiger charge is -2.10. The second kappa shape index (κ2) is 7.21. The van der Waals surface area contributed by atoms with E-state index in [2.05, 4.69) is 15.6 Å². The van der Waals surface area contributed by atoms with E-state index in [1.165, 1.54) is 6.20 Å². The van der Waals surface area contributed by atoms with Gasteiger partial charge in [0, 0.05) is 31.0 Å². The maximum Gasteiger partial charge on any atom is 0.252 e. The number of carbonyl (C=O) groups excluding carboxylic acids is 2. The van der Waals surface area contributed by atoms with Gasteiger partial charge >= 0.3 is 0 Å². The quantitative estimate of drug-likeness (QED) is 0.759. The fourth-order valence-electron chi connectivity index (χ4n) is 1.89. The molecule has 0 spiro atoms. The highest BCUT2D eigenvalue weighted by Crippen LogP contribution is 2.20. The smallest absolute Gasteiger partial charge is 0.252 e. The van der Waals surface area contributed by atoms with Crippen molar-refractivity contribution < 1.29 is 9.59 Å². The summed E-state index contributed by atoms with van der Waals surface area (Å²) in [4.78, 5) is 26.5. The molecule has 6 nitrogen and oxygen atoms in total. The summed E-state index contributed by atoms with van der Waals surface area (Å²) < 4.78 is 0. The first-order chi connectivity index (χ1) is 10.6. The average molecular weight is 298 g/mol. The van der Waals surface area contributed by atoms with Crippen molar-refractivity contribution in [1.82, 2.24) is 10.3 Å². The van der Waals surface area contributed by atoms with Gasteiger partial charge in [0.05, 0.1) is 11.3 Å². The van der Waals surface area contributed by atoms with Crippen molar-refractivity contribution in [3.63, 3.8) is 0 Å². The Bertz CT molecular complexity index is 668. The molecule has 0 saturated heterocycles. The third kappa shape index (κ3) is 4.05. The zero-order valence-electron chi connectivity index (χ0n) is 12.3. The van der Waals surface area contributed by atoms with Crippen LogP contribution in [-0.2, 0) is 11.3 Å². The van der Waals surface area contributed by atoms with E-state index in [-0.39, 0.29) is 5.91 Å². The van der Waals surface area contributed by atoms with Crippen molar-refractivity contribution in [3.05, 3.63) is 53.9 Å². The number of amides is 2. The van der Waals surface area contributed by atoms with Crippen molar-refractivity contribution >= 4 is 23.2 Å². The van der Waals surface area contributed by atoms with Crippen LogP contribution in [0.15, 0.2) is 42.7 Å². The molecule has 2 aromatic rings. The van der Waals surface area contributed by atoms with E-state index >= 15 is 0 Å². The number of rotatable bonds is 6. The largest absolute Gasteiger partial charge is 0.365 e. The number of carbonyl (C=O) groups is 2. The molecule has 2 rings (SSSR count). The number of hydrogen-bond donors (Lipinski definition) is 3. The molecule has 0 fully saturated rings. The predicted molar refractivity (Wildman–Crippen MR) is 84.6 cm³/mol. The Morgan fingerprint density at radius 3 is 2.55 bits per heavy atom. The van der Waals surface area contributed by atoms with E-state index in [1.54, 1.807) is 12.3 Å². The van der Waals surface area contributed by atoms with E-state index in [0.717, 1.165) is 11.3 Å². The molecular formula is C16H18N4O2. The molecule has 0 saturated carbocycles. The summed E-state index contributed by atoms with van der Waals surface area (Å²) in [6.45, 7) is 2.31. The number of hydrogen-bond acceptors (Lipinski definition) is 4. The minimum absolute atomic E-state index is 0.0186. The number of primary amides is 1. The third-order valence-corrected chi connectivity index (χ3v) is 3.13. The second-order valence-electron chi connectivity index (χ2n) is 4.74. The van der Waals surface area contributed by atoms with Gasteiger partial charge in [0.2, 0.25) is 5.91 Å². The lowest BCUT2D eigenvalue weighted by Crippen LogP contribution is -2.21. The number of aromatic nitrogens is 1. The highest BCUT2D eigenvalue weighted by molar-refractivity contribution is 5.98. The van der Waals surface area contributed by atoms with Crippen molar-refractivity contribution in [3.8, 4) is 0 Å². The Kier molecular flexibility index (Phi) is 5.08. The Balaban J connectivity index is 2.06. The fraction of sp³-hybridized carbons (Fsp3) is 0.188. The standard InChI is InChI=1S/C16H18N4O2/c1-2-15(21)19-9-11-3-5-12(6-4-11)20-14-7-8-18-10-13(14)16(17)22/h3-8,10H,2,9H2,1H3,(H2,17,22)(H,18,20)(H,19,21). The number of anilines is 2. The molecule has 0 radical (unpaired) electrons. The molecule has 0 atom stereocenters. The van der Waals surface area contributed by atoms with Gasteiger partial charge in [-0.1, -0.05) is 19.1 Å². The van der Waals surface area contributed by atoms with E-state index in [9.17, 15) is 9.59 Å². The first-order valence-corrected chi connectivity index (χ1v) is 6.96. The first kappa shape index (κ1) is 15.5. The van der Waals surface area contributed by atoms with Crippen LogP contribution in [0.4, 0.5) is 11.4 Å². The molecule has 2 amide bonds. The number of pyridine rings is 1. The second-order valence-corrected chi connectivity index (χ2v) is 4.74. The molecule has 0 bridgehead atoms. The zero-order chi connectivity index (χ0) is 15.9. The highest BCUT2D eigenvalue weighted by atomic mass is 16.1. The van der Waals surface area contributed by atoms with E-state index < -0.39 is 5.91 Å². The van der Waals surface area contributed by atoms with Crippen LogP contribution in [0.25, 0.3) is 0 Å². The maximum absolute atomic E-state index is 11.3. The summed E-state index contributed by atoms with van der Waals surface area (Å²) in [5, 5.41) is 5.94. The molecule has 4 N–H and O–H groups in total. The molecule has 1 aromatic carbocycles. The van der Waals surface area contributed by atoms with Gasteiger partial charge in [-0.15, -0.1) is 0 Å². The summed E-state index contributed by atoms with van der Waals surface area (Å²) in [7, 11) is 0. The van der Waals surface area contributed by atoms with Crippen LogP contribution < -0.4 is 16.4 Å². The molecule has 6 heteroatoms. The SMILES string of the molecule is CCC(=O)NCc1ccc(Nc2ccncc2C(N)=O)cc1. The fourth-order valence-corrected chi connectivity index (χ4v) is 1.89. The maximum atomic E-state index is 11.3. The first-order valence-electron chi connectivity index (χ1n) is 6.96. The van der Waals surface area contributed by atoms with Crippen LogP contribution in [0.5, 0.6) is 0 Å². The minimum Gasteiger partial charge on any atom is -0.365 e. The summed E-state index contributed by atoms with van der Waals surface area (Å²) in [5.41, 5.74) is 8.07. The third-order valence-electron chi connectivity index (χ3n) is 3.13. The monoisotopic (exact) mass is 298 g/mol. The van der Waals surface area contributed by atoms with Crippen LogP contribution in [-0.4, -0.2) is 16.8 Å². The van der Waals surface area contributed by atoms with Crippen molar-refractivity contribution in [2.45, 2.75) is 19.9 Å². The minimum atomic E-state index is -0.533. The van der Waals surface area contributed by atoms with Gasteiger partial charge in [-0.25, -0.2) is 0 Å². The number of nitrogens with one attached hydrogen (secondary N) is 2. The molecule has 0 unspecified atom stereocenters. The Morgan fingerprint density at radius 2 is 1.91 bits per heavy atom. The molecule has 114 valence electrons. The molecular weight excluding hydrogens is 280 g/mol. The van der Waals surface area contributed by atoms with E-state index in [0.29, 0.717) is 24.2 Å². The summed E-state index contributed by atoms with van der Waals surface area (Å²) in [5.74, 6) is -0.514. The van der Waals surface area contributed by atoms with Crippen molar-refractivity contribution in [1.29, 1.82) is 0 Å². The van der Waals surface area contributed by atoms with Crippen LogP contribution in [0.2, 0.25) is 0 Å². The predicted octanol–water partition coefficient (Wildman–Crippen LogP) is 1.95. The average Bonchev–Trinajstić information content (AvgIpc) is 2.54. The van der Waals surface area contributed by atoms with Crippen LogP contribution in [0, 0.1) is 0 Å². The Labute approximate surface area is 128 Å². The van der Waals surface area contributed by atoms with Crippen LogP contribution in [0.3, 0.4) is 0 Å². The number of benzene rings is 1. The summed E-state index contributed by atoms with van der Waals surface area (Å²) in [6.07, 6.45) is 3.49. The van der Waals surface area contributed by atoms with Gasteiger partial charge in [-0.05, 0) is 23.8 Å². The Morgan fingerprint density at radius 1 is 1.18 bits per heavy atom. The molecule has 0 aliphatic rings. The van der Waals surface area contributed by atoms with Gasteiger partial charge in [-0.3, -0.25) is 14.6 Å². The van der Waals surface area contributed by atoms with E-state index in [4.69, 9.17) is 5.73 Å². The van der Waals surface area contributed by atoms with Crippen LogP contribution in [0.1, 0.15) is 29.3 Å². The van der Waals surface area contributed by atoms with Gasteiger partial charge in [-0.2, -0.15) is 0 Å². The molecule has 1 aromatic heterocycles. The normalized spacial score (nSPS) is 10.0. The number of nitrogens with zero attached hydrogens (tertiary/aromatic N) is 1. The van der Waals surface area contributed by atoms with Crippen LogP contribution >= 0.6 is 0 Å². The summed E-state index contributed by atoms with van der Waals surface area (Å²) in [6, 6.07) is 9.25. The van der Waals surface area contributed by atoms with Gasteiger partial charge in [0.1, 0.15) is 0 Å². The zero-order valence-corrected chi connectivity index (χ0v) is 12.3. The summed E-state index contributed by atoms with van der Waals surface area (Å²) >= 11 is 0. The molecule has 22 heavy (non-hydrogen) atoms. The highest BCUT2D eigenvalue weighted by Gasteiger charge is 2.08. The topological polar surface area (TPSA) is 97.1 Å². The van der Waals surface area contributed by atoms with Crippen molar-refractivity contribution in [2.75, 3.05) is 5.32 Å². The Hall–Kier alpha value is -2.89. The lowest BCUT2D eigenvalue weighted by molar-refractivity contribution is -0.120. The van der Waals surface area contributed by atoms with Crippen molar-refractivity contribution in [2.24, 2.45) is 5.73 Å².